The van der Waals surface area contributed by atoms with Crippen LogP contribution < -0.4 is 10.6 Å². The first-order chi connectivity index (χ1) is 8.15. The van der Waals surface area contributed by atoms with Gasteiger partial charge in [-0.1, -0.05) is 24.6 Å². The van der Waals surface area contributed by atoms with Crippen molar-refractivity contribution in [3.63, 3.8) is 0 Å². The fraction of sp³-hybridized carbons (Fsp3) is 0.417. The lowest BCUT2D eigenvalue weighted by atomic mass is 10.2. The van der Waals surface area contributed by atoms with Crippen LogP contribution in [0.3, 0.4) is 0 Å². The van der Waals surface area contributed by atoms with E-state index in [4.69, 9.17) is 16.7 Å². The Morgan fingerprint density at radius 3 is 2.88 bits per heavy atom. The van der Waals surface area contributed by atoms with Gasteiger partial charge in [0.25, 0.3) is 0 Å². The molecule has 0 heterocycles. The lowest BCUT2D eigenvalue weighted by molar-refractivity contribution is 0.237. The summed E-state index contributed by atoms with van der Waals surface area (Å²) in [7, 11) is 0. The predicted molar refractivity (Wildman–Crippen MR) is 69.4 cm³/mol. The standard InChI is InChI=1S/C12H17ClN2O2/c1-2-10(6-7-16)14-12(17)15-11-5-3-4-9(13)8-11/h3-5,8,10,16H,2,6-7H2,1H3,(H2,14,15,17)/t10-/m1/s1. The maximum atomic E-state index is 11.6. The zero-order chi connectivity index (χ0) is 12.7. The van der Waals surface area contributed by atoms with Crippen molar-refractivity contribution in [2.24, 2.45) is 0 Å². The smallest absolute Gasteiger partial charge is 0.319 e. The third-order valence-corrected chi connectivity index (χ3v) is 2.62. The molecule has 5 heteroatoms. The SMILES string of the molecule is CC[C@H](CCO)NC(=O)Nc1cccc(Cl)c1. The zero-order valence-electron chi connectivity index (χ0n) is 9.74. The third kappa shape index (κ3) is 5.06. The van der Waals surface area contributed by atoms with Crippen LogP contribution in [-0.2, 0) is 0 Å². The number of amides is 2. The number of urea groups is 1. The van der Waals surface area contributed by atoms with E-state index in [2.05, 4.69) is 10.6 Å². The van der Waals surface area contributed by atoms with Crippen molar-refractivity contribution in [2.75, 3.05) is 11.9 Å². The van der Waals surface area contributed by atoms with Crippen LogP contribution in [-0.4, -0.2) is 23.8 Å². The van der Waals surface area contributed by atoms with Crippen molar-refractivity contribution >= 4 is 23.3 Å². The molecule has 0 saturated carbocycles. The number of hydrogen-bond donors (Lipinski definition) is 3. The van der Waals surface area contributed by atoms with E-state index in [0.29, 0.717) is 17.1 Å². The third-order valence-electron chi connectivity index (χ3n) is 2.39. The van der Waals surface area contributed by atoms with Gasteiger partial charge in [-0.15, -0.1) is 0 Å². The van der Waals surface area contributed by atoms with Gasteiger partial charge < -0.3 is 15.7 Å². The highest BCUT2D eigenvalue weighted by Gasteiger charge is 2.09. The molecule has 0 bridgehead atoms. The van der Waals surface area contributed by atoms with E-state index in [1.165, 1.54) is 0 Å². The molecule has 1 aromatic carbocycles. The number of aliphatic hydroxyl groups is 1. The quantitative estimate of drug-likeness (QED) is 0.758. The summed E-state index contributed by atoms with van der Waals surface area (Å²) >= 11 is 5.81. The Bertz CT molecular complexity index is 371. The number of benzene rings is 1. The number of carbonyl (C=O) groups excluding carboxylic acids is 1. The number of nitrogens with one attached hydrogen (secondary N) is 2. The van der Waals surface area contributed by atoms with Crippen molar-refractivity contribution in [1.29, 1.82) is 0 Å². The molecule has 4 nitrogen and oxygen atoms in total. The Labute approximate surface area is 106 Å². The summed E-state index contributed by atoms with van der Waals surface area (Å²) in [6, 6.07) is 6.65. The molecule has 0 fully saturated rings. The van der Waals surface area contributed by atoms with E-state index in [-0.39, 0.29) is 18.7 Å². The average molecular weight is 257 g/mol. The van der Waals surface area contributed by atoms with Crippen molar-refractivity contribution in [2.45, 2.75) is 25.8 Å². The van der Waals surface area contributed by atoms with E-state index in [1.54, 1.807) is 24.3 Å². The maximum Gasteiger partial charge on any atom is 0.319 e. The highest BCUT2D eigenvalue weighted by atomic mass is 35.5. The summed E-state index contributed by atoms with van der Waals surface area (Å²) in [5.41, 5.74) is 0.647. The van der Waals surface area contributed by atoms with Crippen LogP contribution >= 0.6 is 11.6 Å². The van der Waals surface area contributed by atoms with Crippen molar-refractivity contribution in [3.8, 4) is 0 Å². The van der Waals surface area contributed by atoms with Gasteiger partial charge in [0.05, 0.1) is 0 Å². The summed E-state index contributed by atoms with van der Waals surface area (Å²) in [5, 5.41) is 14.9. The molecule has 0 radical (unpaired) electrons. The Morgan fingerprint density at radius 1 is 1.53 bits per heavy atom. The number of carbonyl (C=O) groups is 1. The van der Waals surface area contributed by atoms with Crippen molar-refractivity contribution in [1.82, 2.24) is 5.32 Å². The maximum absolute atomic E-state index is 11.6. The minimum atomic E-state index is -0.285. The predicted octanol–water partition coefficient (Wildman–Crippen LogP) is 2.62. The molecule has 0 aliphatic carbocycles. The summed E-state index contributed by atoms with van der Waals surface area (Å²) in [4.78, 5) is 11.6. The van der Waals surface area contributed by atoms with Crippen LogP contribution in [0, 0.1) is 0 Å². The van der Waals surface area contributed by atoms with E-state index in [9.17, 15) is 4.79 Å². The normalized spacial score (nSPS) is 11.9. The monoisotopic (exact) mass is 256 g/mol. The fourth-order valence-corrected chi connectivity index (χ4v) is 1.64. The summed E-state index contributed by atoms with van der Waals surface area (Å²) in [5.74, 6) is 0. The fourth-order valence-electron chi connectivity index (χ4n) is 1.45. The van der Waals surface area contributed by atoms with Crippen LogP contribution in [0.1, 0.15) is 19.8 Å². The van der Waals surface area contributed by atoms with Crippen molar-refractivity contribution in [3.05, 3.63) is 29.3 Å². The van der Waals surface area contributed by atoms with Gasteiger partial charge >= 0.3 is 6.03 Å². The molecule has 0 aliphatic rings. The zero-order valence-corrected chi connectivity index (χ0v) is 10.5. The molecule has 0 aromatic heterocycles. The highest BCUT2D eigenvalue weighted by Crippen LogP contribution is 2.14. The number of halogens is 1. The Morgan fingerprint density at radius 2 is 2.29 bits per heavy atom. The van der Waals surface area contributed by atoms with E-state index in [1.807, 2.05) is 6.92 Å². The minimum Gasteiger partial charge on any atom is -0.396 e. The second kappa shape index (κ2) is 7.14. The summed E-state index contributed by atoms with van der Waals surface area (Å²) < 4.78 is 0. The molecule has 3 N–H and O–H groups in total. The van der Waals surface area contributed by atoms with Gasteiger partial charge in [-0.3, -0.25) is 0 Å². The van der Waals surface area contributed by atoms with Gasteiger partial charge in [0, 0.05) is 23.4 Å². The van der Waals surface area contributed by atoms with Gasteiger partial charge in [-0.25, -0.2) is 4.79 Å². The Balaban J connectivity index is 2.49. The molecule has 0 spiro atoms. The lowest BCUT2D eigenvalue weighted by Crippen LogP contribution is -2.38. The summed E-state index contributed by atoms with van der Waals surface area (Å²) in [6.07, 6.45) is 1.34. The topological polar surface area (TPSA) is 61.4 Å². The van der Waals surface area contributed by atoms with Gasteiger partial charge in [0.1, 0.15) is 0 Å². The number of aliphatic hydroxyl groups excluding tert-OH is 1. The Hall–Kier alpha value is -1.26. The molecule has 0 unspecified atom stereocenters. The van der Waals surface area contributed by atoms with Crippen LogP contribution in [0.2, 0.25) is 5.02 Å². The molecule has 94 valence electrons. The van der Waals surface area contributed by atoms with Gasteiger partial charge in [-0.2, -0.15) is 0 Å². The molecule has 1 atom stereocenters. The molecule has 2 amide bonds. The number of anilines is 1. The van der Waals surface area contributed by atoms with Crippen LogP contribution in [0.4, 0.5) is 10.5 Å². The Kier molecular flexibility index (Phi) is 5.80. The molecule has 0 aliphatic heterocycles. The van der Waals surface area contributed by atoms with Crippen LogP contribution in [0.15, 0.2) is 24.3 Å². The number of rotatable bonds is 5. The first kappa shape index (κ1) is 13.8. The average Bonchev–Trinajstić information content (AvgIpc) is 2.28. The van der Waals surface area contributed by atoms with E-state index >= 15 is 0 Å². The minimum absolute atomic E-state index is 0.0146. The second-order valence-corrected chi connectivity index (χ2v) is 4.16. The van der Waals surface area contributed by atoms with Crippen LogP contribution in [0.25, 0.3) is 0 Å². The van der Waals surface area contributed by atoms with Crippen molar-refractivity contribution < 1.29 is 9.90 Å². The molecular weight excluding hydrogens is 240 g/mol. The first-order valence-electron chi connectivity index (χ1n) is 5.59. The van der Waals surface area contributed by atoms with E-state index in [0.717, 1.165) is 6.42 Å². The molecule has 17 heavy (non-hydrogen) atoms. The second-order valence-electron chi connectivity index (χ2n) is 3.73. The van der Waals surface area contributed by atoms with Gasteiger partial charge in [-0.05, 0) is 31.0 Å². The summed E-state index contributed by atoms with van der Waals surface area (Å²) in [6.45, 7) is 2.02. The van der Waals surface area contributed by atoms with Crippen LogP contribution in [0.5, 0.6) is 0 Å². The molecular formula is C12H17ClN2O2. The first-order valence-corrected chi connectivity index (χ1v) is 5.97. The highest BCUT2D eigenvalue weighted by molar-refractivity contribution is 6.30. The molecule has 1 aromatic rings. The van der Waals surface area contributed by atoms with Gasteiger partial charge in [0.15, 0.2) is 0 Å². The number of hydrogen-bond acceptors (Lipinski definition) is 2. The van der Waals surface area contributed by atoms with E-state index < -0.39 is 0 Å². The molecule has 0 saturated heterocycles. The molecule has 1 rings (SSSR count). The lowest BCUT2D eigenvalue weighted by Gasteiger charge is -2.16. The van der Waals surface area contributed by atoms with Gasteiger partial charge in [0.2, 0.25) is 0 Å². The largest absolute Gasteiger partial charge is 0.396 e.